The largest absolute Gasteiger partial charge is 0.445 e. The number of nitrogens with zero attached hydrogens (tertiary/aromatic N) is 1. The first kappa shape index (κ1) is 9.96. The summed E-state index contributed by atoms with van der Waals surface area (Å²) in [5.74, 6) is 1.44. The second kappa shape index (κ2) is 3.32. The van der Waals surface area contributed by atoms with Gasteiger partial charge in [0.25, 0.3) is 0 Å². The van der Waals surface area contributed by atoms with Crippen molar-refractivity contribution in [3.8, 4) is 0 Å². The third kappa shape index (κ3) is 2.17. The zero-order valence-electron chi connectivity index (χ0n) is 8.55. The Labute approximate surface area is 78.2 Å². The van der Waals surface area contributed by atoms with Crippen molar-refractivity contribution < 1.29 is 9.21 Å². The second-order valence-electron chi connectivity index (χ2n) is 4.14. The van der Waals surface area contributed by atoms with Gasteiger partial charge in [0.15, 0.2) is 5.89 Å². The summed E-state index contributed by atoms with van der Waals surface area (Å²) >= 11 is 0. The molecule has 1 rings (SSSR count). The number of carbonyl (C=O) groups is 1. The summed E-state index contributed by atoms with van der Waals surface area (Å²) in [4.78, 5) is 14.6. The molecule has 13 heavy (non-hydrogen) atoms. The van der Waals surface area contributed by atoms with Gasteiger partial charge in [-0.3, -0.25) is 0 Å². The van der Waals surface area contributed by atoms with E-state index < -0.39 is 0 Å². The third-order valence-corrected chi connectivity index (χ3v) is 1.81. The zero-order valence-corrected chi connectivity index (χ0v) is 8.55. The van der Waals surface area contributed by atoms with E-state index in [-0.39, 0.29) is 5.41 Å². The van der Waals surface area contributed by atoms with E-state index in [0.29, 0.717) is 12.3 Å². The van der Waals surface area contributed by atoms with Gasteiger partial charge in [0, 0.05) is 11.8 Å². The maximum Gasteiger partial charge on any atom is 0.200 e. The van der Waals surface area contributed by atoms with Gasteiger partial charge in [0.1, 0.15) is 12.0 Å². The molecule has 0 aromatic carbocycles. The van der Waals surface area contributed by atoms with Crippen LogP contribution >= 0.6 is 0 Å². The van der Waals surface area contributed by atoms with Crippen molar-refractivity contribution in [1.29, 1.82) is 0 Å². The molecule has 0 aliphatic carbocycles. The fraction of sp³-hybridized carbons (Fsp3) is 0.600. The lowest BCUT2D eigenvalue weighted by molar-refractivity contribution is -0.107. The Bertz CT molecular complexity index is 307. The molecule has 1 aromatic rings. The molecule has 3 nitrogen and oxygen atoms in total. The van der Waals surface area contributed by atoms with E-state index in [2.05, 4.69) is 4.98 Å². The molecular weight excluding hydrogens is 166 g/mol. The highest BCUT2D eigenvalue weighted by molar-refractivity contribution is 5.54. The minimum absolute atomic E-state index is 0.0914. The van der Waals surface area contributed by atoms with E-state index in [0.717, 1.165) is 17.7 Å². The average Bonchev–Trinajstić information content (AvgIpc) is 2.32. The minimum Gasteiger partial charge on any atom is -0.445 e. The van der Waals surface area contributed by atoms with Crippen molar-refractivity contribution >= 4 is 6.29 Å². The molecule has 0 bridgehead atoms. The molecule has 0 amide bonds. The maximum atomic E-state index is 10.3. The Morgan fingerprint density at radius 2 is 2.08 bits per heavy atom. The summed E-state index contributed by atoms with van der Waals surface area (Å²) in [6, 6.07) is 0. The van der Waals surface area contributed by atoms with Crippen LogP contribution in [-0.4, -0.2) is 11.3 Å². The fourth-order valence-electron chi connectivity index (χ4n) is 1.02. The van der Waals surface area contributed by atoms with Gasteiger partial charge in [-0.2, -0.15) is 0 Å². The van der Waals surface area contributed by atoms with Crippen molar-refractivity contribution in [2.75, 3.05) is 0 Å². The summed E-state index contributed by atoms with van der Waals surface area (Å²) in [5.41, 5.74) is 0.659. The topological polar surface area (TPSA) is 43.1 Å². The number of hydrogen-bond acceptors (Lipinski definition) is 3. The van der Waals surface area contributed by atoms with Crippen molar-refractivity contribution in [2.45, 2.75) is 39.5 Å². The van der Waals surface area contributed by atoms with Crippen LogP contribution in [0.15, 0.2) is 4.42 Å². The van der Waals surface area contributed by atoms with Gasteiger partial charge < -0.3 is 9.21 Å². The first-order chi connectivity index (χ1) is 5.95. The average molecular weight is 181 g/mol. The number of carbonyl (C=O) groups excluding carboxylic acids is 1. The summed E-state index contributed by atoms with van der Waals surface area (Å²) in [5, 5.41) is 0. The summed E-state index contributed by atoms with van der Waals surface area (Å²) in [6.45, 7) is 7.93. The zero-order chi connectivity index (χ0) is 10.1. The monoisotopic (exact) mass is 181 g/mol. The molecule has 0 atom stereocenters. The van der Waals surface area contributed by atoms with Crippen LogP contribution < -0.4 is 0 Å². The van der Waals surface area contributed by atoms with E-state index in [1.165, 1.54) is 0 Å². The smallest absolute Gasteiger partial charge is 0.200 e. The van der Waals surface area contributed by atoms with Crippen LogP contribution in [0.3, 0.4) is 0 Å². The SMILES string of the molecule is Cc1oc(C(C)(C)C)nc1CC=O. The van der Waals surface area contributed by atoms with Crippen molar-refractivity contribution in [1.82, 2.24) is 4.98 Å². The number of aryl methyl sites for hydroxylation is 1. The third-order valence-electron chi connectivity index (χ3n) is 1.81. The molecule has 0 spiro atoms. The Morgan fingerprint density at radius 3 is 2.46 bits per heavy atom. The predicted octanol–water partition coefficient (Wildman–Crippen LogP) is 2.02. The molecule has 1 aromatic heterocycles. The van der Waals surface area contributed by atoms with Gasteiger partial charge in [-0.1, -0.05) is 20.8 Å². The molecular formula is C10H15NO2. The minimum atomic E-state index is -0.0914. The second-order valence-corrected chi connectivity index (χ2v) is 4.14. The fourth-order valence-corrected chi connectivity index (χ4v) is 1.02. The van der Waals surface area contributed by atoms with E-state index in [9.17, 15) is 4.79 Å². The highest BCUT2D eigenvalue weighted by Crippen LogP contribution is 2.23. The normalized spacial score (nSPS) is 11.7. The Morgan fingerprint density at radius 1 is 1.46 bits per heavy atom. The van der Waals surface area contributed by atoms with Crippen LogP contribution in [0.1, 0.15) is 38.1 Å². The highest BCUT2D eigenvalue weighted by Gasteiger charge is 2.21. The van der Waals surface area contributed by atoms with Crippen LogP contribution in [0.5, 0.6) is 0 Å². The van der Waals surface area contributed by atoms with Crippen LogP contribution in [-0.2, 0) is 16.6 Å². The first-order valence-electron chi connectivity index (χ1n) is 4.35. The van der Waals surface area contributed by atoms with Crippen LogP contribution in [0.4, 0.5) is 0 Å². The Kier molecular flexibility index (Phi) is 2.55. The summed E-state index contributed by atoms with van der Waals surface area (Å²) < 4.78 is 5.46. The van der Waals surface area contributed by atoms with Gasteiger partial charge >= 0.3 is 0 Å². The molecule has 0 unspecified atom stereocenters. The number of aldehydes is 1. The molecule has 0 fully saturated rings. The highest BCUT2D eigenvalue weighted by atomic mass is 16.4. The first-order valence-corrected chi connectivity index (χ1v) is 4.35. The molecule has 0 aliphatic rings. The van der Waals surface area contributed by atoms with Crippen molar-refractivity contribution in [2.24, 2.45) is 0 Å². The predicted molar refractivity (Wildman–Crippen MR) is 49.7 cm³/mol. The lowest BCUT2D eigenvalue weighted by Crippen LogP contribution is -2.11. The van der Waals surface area contributed by atoms with E-state index in [1.54, 1.807) is 0 Å². The van der Waals surface area contributed by atoms with Crippen LogP contribution in [0.2, 0.25) is 0 Å². The number of aromatic nitrogens is 1. The molecule has 3 heteroatoms. The molecule has 0 radical (unpaired) electrons. The quantitative estimate of drug-likeness (QED) is 0.655. The molecule has 72 valence electrons. The van der Waals surface area contributed by atoms with Crippen molar-refractivity contribution in [3.05, 3.63) is 17.3 Å². The van der Waals surface area contributed by atoms with Crippen molar-refractivity contribution in [3.63, 3.8) is 0 Å². The lowest BCUT2D eigenvalue weighted by atomic mass is 9.97. The van der Waals surface area contributed by atoms with Gasteiger partial charge in [-0.05, 0) is 6.92 Å². The number of rotatable bonds is 2. The molecule has 1 heterocycles. The molecule has 0 saturated heterocycles. The van der Waals surface area contributed by atoms with Gasteiger partial charge in [-0.25, -0.2) is 4.98 Å². The molecule has 0 aliphatic heterocycles. The number of hydrogen-bond donors (Lipinski definition) is 0. The van der Waals surface area contributed by atoms with E-state index in [1.807, 2.05) is 27.7 Å². The maximum absolute atomic E-state index is 10.3. The van der Waals surface area contributed by atoms with E-state index >= 15 is 0 Å². The lowest BCUT2D eigenvalue weighted by Gasteiger charge is -2.11. The molecule has 0 N–H and O–H groups in total. The summed E-state index contributed by atoms with van der Waals surface area (Å²) in [7, 11) is 0. The number of oxazole rings is 1. The van der Waals surface area contributed by atoms with Crippen LogP contribution in [0.25, 0.3) is 0 Å². The standard InChI is InChI=1S/C10H15NO2/c1-7-8(5-6-12)11-9(13-7)10(2,3)4/h6H,5H2,1-4H3. The van der Waals surface area contributed by atoms with Gasteiger partial charge in [0.05, 0.1) is 5.69 Å². The van der Waals surface area contributed by atoms with Gasteiger partial charge in [-0.15, -0.1) is 0 Å². The van der Waals surface area contributed by atoms with Crippen LogP contribution in [0, 0.1) is 6.92 Å². The summed E-state index contributed by atoms with van der Waals surface area (Å²) in [6.07, 6.45) is 1.18. The van der Waals surface area contributed by atoms with E-state index in [4.69, 9.17) is 4.42 Å². The van der Waals surface area contributed by atoms with Gasteiger partial charge in [0.2, 0.25) is 0 Å². The Balaban J connectivity index is 3.01. The molecule has 0 saturated carbocycles. The Hall–Kier alpha value is -1.12.